The molecule has 29 heavy (non-hydrogen) atoms. The molecule has 9 nitrogen and oxygen atoms in total. The van der Waals surface area contributed by atoms with E-state index < -0.39 is 11.6 Å². The first-order valence-electron chi connectivity index (χ1n) is 9.52. The Bertz CT molecular complexity index is 858. The molecule has 1 aromatic rings. The Morgan fingerprint density at radius 3 is 2.38 bits per heavy atom. The van der Waals surface area contributed by atoms with Crippen LogP contribution in [0.2, 0.25) is 0 Å². The van der Waals surface area contributed by atoms with Crippen molar-refractivity contribution in [1.82, 2.24) is 14.5 Å². The third-order valence-electron chi connectivity index (χ3n) is 4.15. The van der Waals surface area contributed by atoms with Gasteiger partial charge in [-0.05, 0) is 34.6 Å². The summed E-state index contributed by atoms with van der Waals surface area (Å²) in [5.41, 5.74) is -0.452. The quantitative estimate of drug-likeness (QED) is 0.562. The largest absolute Gasteiger partial charge is 0.461 e. The van der Waals surface area contributed by atoms with Crippen LogP contribution in [0.5, 0.6) is 0 Å². The zero-order valence-corrected chi connectivity index (χ0v) is 17.6. The van der Waals surface area contributed by atoms with E-state index in [1.165, 1.54) is 0 Å². The number of piperazine rings is 1. The van der Waals surface area contributed by atoms with Crippen molar-refractivity contribution in [3.63, 3.8) is 0 Å². The van der Waals surface area contributed by atoms with E-state index in [1.807, 2.05) is 31.7 Å². The highest BCUT2D eigenvalue weighted by Gasteiger charge is 2.31. The maximum absolute atomic E-state index is 12.4. The summed E-state index contributed by atoms with van der Waals surface area (Å²) < 4.78 is 12.1. The Morgan fingerprint density at radius 1 is 1.21 bits per heavy atom. The number of hydrogen-bond donors (Lipinski definition) is 0. The molecule has 2 heterocycles. The number of rotatable bonds is 4. The number of ether oxygens (including phenoxy) is 2. The summed E-state index contributed by atoms with van der Waals surface area (Å²) in [6.45, 7) is 11.1. The van der Waals surface area contributed by atoms with Gasteiger partial charge in [-0.2, -0.15) is 5.26 Å². The van der Waals surface area contributed by atoms with E-state index in [-0.39, 0.29) is 30.6 Å². The summed E-state index contributed by atoms with van der Waals surface area (Å²) in [7, 11) is 0. The van der Waals surface area contributed by atoms with Crippen LogP contribution in [-0.4, -0.2) is 64.9 Å². The van der Waals surface area contributed by atoms with Gasteiger partial charge in [0.15, 0.2) is 11.4 Å². The summed E-state index contributed by atoms with van der Waals surface area (Å²) in [5.74, 6) is 5.58. The summed E-state index contributed by atoms with van der Waals surface area (Å²) >= 11 is 0. The van der Waals surface area contributed by atoms with Crippen LogP contribution in [0.4, 0.5) is 10.7 Å². The lowest BCUT2D eigenvalue weighted by Gasteiger charge is -2.36. The first kappa shape index (κ1) is 22.1. The molecule has 1 saturated heterocycles. The predicted octanol–water partition coefficient (Wildman–Crippen LogP) is 2.01. The number of carbonyl (C=O) groups excluding carboxylic acids is 2. The van der Waals surface area contributed by atoms with E-state index in [2.05, 4.69) is 16.8 Å². The van der Waals surface area contributed by atoms with Gasteiger partial charge in [-0.15, -0.1) is 5.92 Å². The zero-order valence-electron chi connectivity index (χ0n) is 17.6. The van der Waals surface area contributed by atoms with Crippen molar-refractivity contribution in [2.24, 2.45) is 0 Å². The topological polar surface area (TPSA) is 101 Å². The fraction of sp³-hybridized carbons (Fsp3) is 0.600. The molecular weight excluding hydrogens is 374 g/mol. The Morgan fingerprint density at radius 2 is 1.86 bits per heavy atom. The number of anilines is 1. The minimum absolute atomic E-state index is 0.00549. The number of carbonyl (C=O) groups is 2. The third kappa shape index (κ3) is 5.41. The van der Waals surface area contributed by atoms with E-state index >= 15 is 0 Å². The second-order valence-corrected chi connectivity index (χ2v) is 7.41. The molecule has 0 unspecified atom stereocenters. The molecule has 0 bridgehead atoms. The molecule has 0 aromatic carbocycles. The van der Waals surface area contributed by atoms with Gasteiger partial charge >= 0.3 is 12.1 Å². The smallest absolute Gasteiger partial charge is 0.410 e. The fourth-order valence-electron chi connectivity index (χ4n) is 2.89. The highest BCUT2D eigenvalue weighted by atomic mass is 16.6. The highest BCUT2D eigenvalue weighted by Crippen LogP contribution is 2.22. The van der Waals surface area contributed by atoms with Gasteiger partial charge in [0.2, 0.25) is 5.95 Å². The Labute approximate surface area is 171 Å². The molecule has 0 radical (unpaired) electrons. The lowest BCUT2D eigenvalue weighted by atomic mass is 10.2. The average molecular weight is 401 g/mol. The van der Waals surface area contributed by atoms with E-state index in [1.54, 1.807) is 23.3 Å². The van der Waals surface area contributed by atoms with Gasteiger partial charge in [0.1, 0.15) is 11.7 Å². The van der Waals surface area contributed by atoms with Crippen LogP contribution in [-0.2, 0) is 16.0 Å². The van der Waals surface area contributed by atoms with Gasteiger partial charge in [-0.3, -0.25) is 4.57 Å². The van der Waals surface area contributed by atoms with Crippen molar-refractivity contribution in [1.29, 1.82) is 5.26 Å². The first-order chi connectivity index (χ1) is 13.7. The van der Waals surface area contributed by atoms with Crippen LogP contribution in [0.15, 0.2) is 0 Å². The molecule has 2 rings (SSSR count). The number of nitrogens with zero attached hydrogens (tertiary/aromatic N) is 5. The predicted molar refractivity (Wildman–Crippen MR) is 106 cm³/mol. The highest BCUT2D eigenvalue weighted by molar-refractivity contribution is 5.90. The van der Waals surface area contributed by atoms with Gasteiger partial charge in [-0.1, -0.05) is 5.92 Å². The van der Waals surface area contributed by atoms with Gasteiger partial charge in [0.05, 0.1) is 13.2 Å². The van der Waals surface area contributed by atoms with Crippen molar-refractivity contribution in [2.75, 3.05) is 37.7 Å². The molecule has 0 aliphatic carbocycles. The van der Waals surface area contributed by atoms with Gasteiger partial charge < -0.3 is 19.3 Å². The SMILES string of the molecule is CC#CCn1c(N2CCN(C(=O)OC(C)(C)C)CC2)nc(C#N)c1C(=O)OCC. The van der Waals surface area contributed by atoms with Gasteiger partial charge in [-0.25, -0.2) is 14.6 Å². The number of amides is 1. The lowest BCUT2D eigenvalue weighted by Crippen LogP contribution is -2.50. The number of imidazole rings is 1. The number of nitriles is 1. The first-order valence-corrected chi connectivity index (χ1v) is 9.52. The second kappa shape index (κ2) is 9.33. The van der Waals surface area contributed by atoms with Gasteiger partial charge in [0.25, 0.3) is 0 Å². The summed E-state index contributed by atoms with van der Waals surface area (Å²) in [6, 6.07) is 1.97. The van der Waals surface area contributed by atoms with Crippen molar-refractivity contribution in [2.45, 2.75) is 46.8 Å². The summed E-state index contributed by atoms with van der Waals surface area (Å²) in [5, 5.41) is 9.46. The maximum atomic E-state index is 12.4. The van der Waals surface area contributed by atoms with Crippen molar-refractivity contribution in [3.8, 4) is 17.9 Å². The second-order valence-electron chi connectivity index (χ2n) is 7.41. The average Bonchev–Trinajstić information content (AvgIpc) is 3.04. The van der Waals surface area contributed by atoms with Crippen molar-refractivity contribution in [3.05, 3.63) is 11.4 Å². The standard InChI is InChI=1S/C20H27N5O4/c1-6-8-9-25-16(17(26)28-7-2)15(14-21)22-18(25)23-10-12-24(13-11-23)19(27)29-20(3,4)5/h7,9-13H2,1-5H3. The molecule has 9 heteroatoms. The molecule has 1 amide bonds. The summed E-state index contributed by atoms with van der Waals surface area (Å²) in [6.07, 6.45) is -0.359. The van der Waals surface area contributed by atoms with Crippen LogP contribution < -0.4 is 4.90 Å². The van der Waals surface area contributed by atoms with Crippen LogP contribution >= 0.6 is 0 Å². The normalized spacial score (nSPS) is 13.9. The van der Waals surface area contributed by atoms with Crippen molar-refractivity contribution < 1.29 is 19.1 Å². The van der Waals surface area contributed by atoms with Crippen LogP contribution in [0, 0.1) is 23.2 Å². The number of aromatic nitrogens is 2. The van der Waals surface area contributed by atoms with Crippen LogP contribution in [0.3, 0.4) is 0 Å². The van der Waals surface area contributed by atoms with E-state index in [0.29, 0.717) is 32.1 Å². The minimum atomic E-state index is -0.604. The Kier molecular flexibility index (Phi) is 7.11. The molecule has 0 N–H and O–H groups in total. The van der Waals surface area contributed by atoms with Crippen LogP contribution in [0.25, 0.3) is 0 Å². The molecule has 1 aliphatic rings. The van der Waals surface area contributed by atoms with E-state index in [0.717, 1.165) is 0 Å². The molecular formula is C20H27N5O4. The molecule has 0 saturated carbocycles. The molecule has 1 aliphatic heterocycles. The van der Waals surface area contributed by atoms with E-state index in [4.69, 9.17) is 9.47 Å². The van der Waals surface area contributed by atoms with Crippen LogP contribution in [0.1, 0.15) is 50.8 Å². The Hall–Kier alpha value is -3.20. The van der Waals surface area contributed by atoms with Crippen molar-refractivity contribution >= 4 is 18.0 Å². The molecule has 156 valence electrons. The molecule has 0 spiro atoms. The minimum Gasteiger partial charge on any atom is -0.461 e. The van der Waals surface area contributed by atoms with Gasteiger partial charge in [0, 0.05) is 26.2 Å². The molecule has 0 atom stereocenters. The Balaban J connectivity index is 2.26. The number of hydrogen-bond acceptors (Lipinski definition) is 7. The lowest BCUT2D eigenvalue weighted by molar-refractivity contribution is 0.0240. The zero-order chi connectivity index (χ0) is 21.6. The third-order valence-corrected chi connectivity index (χ3v) is 4.15. The maximum Gasteiger partial charge on any atom is 0.410 e. The number of esters is 1. The fourth-order valence-corrected chi connectivity index (χ4v) is 2.89. The molecule has 1 aromatic heterocycles. The molecule has 1 fully saturated rings. The van der Waals surface area contributed by atoms with E-state index in [9.17, 15) is 14.9 Å². The monoisotopic (exact) mass is 401 g/mol. The summed E-state index contributed by atoms with van der Waals surface area (Å²) in [4.78, 5) is 32.6.